The van der Waals surface area contributed by atoms with Crippen molar-refractivity contribution in [3.8, 4) is 23.7 Å². The number of hydrogen-bond donors (Lipinski definition) is 2. The van der Waals surface area contributed by atoms with Gasteiger partial charge in [0.05, 0.1) is 30.2 Å². The number of amides is 7. The Labute approximate surface area is 527 Å². The van der Waals surface area contributed by atoms with E-state index < -0.39 is 82.9 Å². The Morgan fingerprint density at radius 3 is 1.92 bits per heavy atom. The van der Waals surface area contributed by atoms with Crippen LogP contribution in [-0.2, 0) is 55.8 Å². The number of ketones is 1. The number of rotatable bonds is 22. The van der Waals surface area contributed by atoms with Gasteiger partial charge in [0.15, 0.2) is 5.78 Å². The summed E-state index contributed by atoms with van der Waals surface area (Å²) < 4.78 is 23.5. The van der Waals surface area contributed by atoms with Crippen LogP contribution in [0, 0.1) is 35.0 Å². The van der Waals surface area contributed by atoms with Crippen LogP contribution in [-0.4, -0.2) is 179 Å². The van der Waals surface area contributed by atoms with Crippen molar-refractivity contribution in [1.82, 2.24) is 35.1 Å². The highest BCUT2D eigenvalue weighted by atomic mass is 16.6. The maximum atomic E-state index is 15.0. The molecule has 0 unspecified atom stereocenters. The molecule has 482 valence electrons. The molecule has 2 fully saturated rings. The van der Waals surface area contributed by atoms with Crippen molar-refractivity contribution >= 4 is 47.5 Å². The maximum Gasteiger partial charge on any atom is 0.410 e. The van der Waals surface area contributed by atoms with E-state index in [1.165, 1.54) is 28.8 Å². The highest BCUT2D eigenvalue weighted by Crippen LogP contribution is 2.33. The van der Waals surface area contributed by atoms with Gasteiger partial charge in [-0.2, -0.15) is 0 Å². The Balaban J connectivity index is 1.15. The van der Waals surface area contributed by atoms with E-state index in [4.69, 9.17) is 18.9 Å². The third kappa shape index (κ3) is 20.4. The number of hydrogen-bond acceptors (Lipinski definition) is 12. The summed E-state index contributed by atoms with van der Waals surface area (Å²) in [5.41, 5.74) is 1.40. The monoisotopic (exact) mass is 1230 g/mol. The molecule has 19 heteroatoms. The lowest BCUT2D eigenvalue weighted by Crippen LogP contribution is -2.60. The summed E-state index contributed by atoms with van der Waals surface area (Å²) in [6.45, 7) is 21.6. The van der Waals surface area contributed by atoms with Crippen LogP contribution in [0.2, 0.25) is 0 Å². The van der Waals surface area contributed by atoms with Crippen LogP contribution < -0.4 is 10.6 Å². The van der Waals surface area contributed by atoms with Crippen molar-refractivity contribution in [2.75, 3.05) is 53.5 Å². The molecule has 7 amide bonds. The van der Waals surface area contributed by atoms with E-state index in [2.05, 4.69) is 40.4 Å². The first kappa shape index (κ1) is 70.3. The van der Waals surface area contributed by atoms with Crippen molar-refractivity contribution in [3.05, 3.63) is 107 Å². The summed E-state index contributed by atoms with van der Waals surface area (Å²) in [6, 6.07) is 22.4. The molecule has 0 saturated carbocycles. The van der Waals surface area contributed by atoms with Crippen LogP contribution >= 0.6 is 0 Å². The minimum atomic E-state index is -1.10. The number of aryl methyl sites for hydroxylation is 1. The first-order chi connectivity index (χ1) is 41.9. The van der Waals surface area contributed by atoms with Crippen LogP contribution in [0.25, 0.3) is 0 Å². The number of nitrogens with one attached hydrogen (secondary N) is 2. The molecule has 0 bridgehead atoms. The second-order valence-corrected chi connectivity index (χ2v) is 26.7. The van der Waals surface area contributed by atoms with Crippen LogP contribution in [0.5, 0.6) is 0 Å². The summed E-state index contributed by atoms with van der Waals surface area (Å²) in [5, 5.41) is 6.13. The lowest BCUT2D eigenvalue weighted by molar-refractivity contribution is -0.144. The number of ether oxygens (including phenoxy) is 4. The Morgan fingerprint density at radius 2 is 1.29 bits per heavy atom. The number of fused-ring (bicyclic) bond motifs is 1. The number of likely N-dealkylation sites (tertiary alicyclic amines) is 2. The third-order valence-corrected chi connectivity index (χ3v) is 16.6. The lowest BCUT2D eigenvalue weighted by Gasteiger charge is -2.37. The van der Waals surface area contributed by atoms with Crippen molar-refractivity contribution in [2.24, 2.45) is 11.3 Å². The van der Waals surface area contributed by atoms with Gasteiger partial charge in [-0.25, -0.2) is 9.59 Å². The summed E-state index contributed by atoms with van der Waals surface area (Å²) in [7, 11) is 2.94. The van der Waals surface area contributed by atoms with E-state index in [1.54, 1.807) is 84.2 Å². The summed E-state index contributed by atoms with van der Waals surface area (Å²) >= 11 is 0. The van der Waals surface area contributed by atoms with Crippen molar-refractivity contribution in [2.45, 2.75) is 194 Å². The summed E-state index contributed by atoms with van der Waals surface area (Å²) in [4.78, 5) is 120. The van der Waals surface area contributed by atoms with E-state index in [1.807, 2.05) is 87.5 Å². The number of Topliss-reactive ketones (excluding diaryl/α,β-unsaturated/α-hetero) is 1. The average molecular weight is 1230 g/mol. The van der Waals surface area contributed by atoms with Gasteiger partial charge < -0.3 is 49.2 Å². The largest absolute Gasteiger partial charge is 0.444 e. The van der Waals surface area contributed by atoms with E-state index in [0.717, 1.165) is 36.0 Å². The number of likely N-dealkylation sites (N-methyl/N-ethyl adjacent to an activating group) is 2. The Bertz CT molecular complexity index is 3080. The highest BCUT2D eigenvalue weighted by molar-refractivity contribution is 5.96. The minimum absolute atomic E-state index is 0.0298. The number of carbonyl (C=O) groups is 8. The molecule has 6 rings (SSSR count). The van der Waals surface area contributed by atoms with Crippen molar-refractivity contribution in [3.63, 3.8) is 0 Å². The van der Waals surface area contributed by atoms with Crippen LogP contribution in [0.15, 0.2) is 84.9 Å². The molecule has 2 aliphatic heterocycles. The molecule has 3 aromatic carbocycles. The summed E-state index contributed by atoms with van der Waals surface area (Å²) in [6.07, 6.45) is 1.57. The van der Waals surface area contributed by atoms with Crippen LogP contribution in [0.1, 0.15) is 155 Å². The van der Waals surface area contributed by atoms with Gasteiger partial charge in [-0.3, -0.25) is 33.7 Å². The third-order valence-electron chi connectivity index (χ3n) is 16.6. The van der Waals surface area contributed by atoms with Gasteiger partial charge in [-0.15, -0.1) is 0 Å². The fourth-order valence-electron chi connectivity index (χ4n) is 11.2. The Hall–Kier alpha value is -7.74. The molecule has 2 saturated heterocycles. The lowest BCUT2D eigenvalue weighted by atomic mass is 9.85. The minimum Gasteiger partial charge on any atom is -0.444 e. The molecule has 2 N–H and O–H groups in total. The molecular weight excluding hydrogens is 1130 g/mol. The molecule has 2 heterocycles. The molecule has 0 radical (unpaired) electrons. The van der Waals surface area contributed by atoms with E-state index in [0.29, 0.717) is 37.9 Å². The molecular formula is C70H95N7O12. The smallest absolute Gasteiger partial charge is 0.410 e. The summed E-state index contributed by atoms with van der Waals surface area (Å²) in [5.74, 6) is 8.20. The van der Waals surface area contributed by atoms with E-state index in [9.17, 15) is 38.4 Å². The van der Waals surface area contributed by atoms with Crippen LogP contribution in [0.4, 0.5) is 9.59 Å². The normalized spacial score (nSPS) is 19.0. The molecule has 3 aromatic rings. The van der Waals surface area contributed by atoms with Gasteiger partial charge in [-0.1, -0.05) is 105 Å². The van der Waals surface area contributed by atoms with Gasteiger partial charge in [0, 0.05) is 64.7 Å². The second kappa shape index (κ2) is 31.6. The van der Waals surface area contributed by atoms with Crippen molar-refractivity contribution in [1.29, 1.82) is 0 Å². The number of carbonyl (C=O) groups excluding carboxylic acids is 8. The first-order valence-corrected chi connectivity index (χ1v) is 31.2. The topological polar surface area (TPSA) is 214 Å². The Kier molecular flexibility index (Phi) is 25.0. The zero-order valence-corrected chi connectivity index (χ0v) is 54.8. The second-order valence-electron chi connectivity index (χ2n) is 26.7. The Morgan fingerprint density at radius 1 is 0.697 bits per heavy atom. The zero-order valence-electron chi connectivity index (χ0n) is 54.8. The zero-order chi connectivity index (χ0) is 65.4. The number of nitrogens with zero attached hydrogens (tertiary/aromatic N) is 5. The van der Waals surface area contributed by atoms with Crippen molar-refractivity contribution < 1.29 is 57.3 Å². The molecule has 1 aliphatic carbocycles. The fraction of sp³-hybridized carbons (Fsp3) is 0.571. The molecule has 0 aromatic heterocycles. The van der Waals surface area contributed by atoms with Gasteiger partial charge in [-0.05, 0) is 147 Å². The van der Waals surface area contributed by atoms with E-state index >= 15 is 0 Å². The highest BCUT2D eigenvalue weighted by Gasteiger charge is 2.47. The predicted molar refractivity (Wildman–Crippen MR) is 340 cm³/mol. The number of benzene rings is 3. The SMILES string of the molecule is C[C@@H](OCC#CC#CCO[C@H]1C[C@@H](C(=O)N[C@@H]2CCCc3ccccc32)N(C(=O)[C@@H](NC(=O)[C@H](C)N(C)C(=O)OC(C)(C)C)C(C)(C)C)C1)[C@H](CC(=O)[C@H](C)N(C)C(=O)OC(C)(C)C)C(=O)N1CCC[C@H]1CN(CCc1ccccc1)C(=O)c1ccccc1. The van der Waals surface area contributed by atoms with E-state index in [-0.39, 0.29) is 74.7 Å². The van der Waals surface area contributed by atoms with Gasteiger partial charge in [0.2, 0.25) is 23.6 Å². The molecule has 9 atom stereocenters. The fourth-order valence-corrected chi connectivity index (χ4v) is 11.2. The molecule has 3 aliphatic rings. The van der Waals surface area contributed by atoms with Crippen LogP contribution in [0.3, 0.4) is 0 Å². The maximum absolute atomic E-state index is 15.0. The van der Waals surface area contributed by atoms with Gasteiger partial charge in [0.1, 0.15) is 42.5 Å². The molecule has 0 spiro atoms. The molecule has 19 nitrogen and oxygen atoms in total. The van der Waals surface area contributed by atoms with Gasteiger partial charge in [0.25, 0.3) is 5.91 Å². The molecule has 89 heavy (non-hydrogen) atoms. The first-order valence-electron chi connectivity index (χ1n) is 31.2. The predicted octanol–water partition coefficient (Wildman–Crippen LogP) is 8.57. The standard InChI is InChI=1S/C70H95N7O12/c1-47(73(13)66(84)88-69(7,8)9)59(78)44-56(64(82)76-39-28-35-53(76)45-75(40-38-50-29-19-17-20-30-50)63(81)52-32-21-18-22-33-52)49(3)86-41-25-15-16-26-42-87-54-43-58(62(80)71-57-37-27-34-51-31-23-24-36-55(51)57)77(46-54)65(83)60(68(4,5)6)72-61(79)48(2)74(14)67(85)89-70(10,11)12/h17-24,29-33,36,47-49,53-54,56-58,60H,27-28,34-35,37-46H2,1-14H3,(H,71,80)(H,72,79)/t47-,48-,49+,53-,54-,56-,57+,58-,60+/m0/s1. The quantitative estimate of drug-likeness (QED) is 0.0906. The van der Waals surface area contributed by atoms with Gasteiger partial charge >= 0.3 is 12.2 Å². The average Bonchev–Trinajstić information content (AvgIpc) is 1.95.